The lowest BCUT2D eigenvalue weighted by molar-refractivity contribution is 0.0876. The van der Waals surface area contributed by atoms with E-state index in [9.17, 15) is 4.79 Å². The van der Waals surface area contributed by atoms with Crippen LogP contribution in [0.4, 0.5) is 0 Å². The van der Waals surface area contributed by atoms with Gasteiger partial charge in [-0.1, -0.05) is 40.2 Å². The van der Waals surface area contributed by atoms with Gasteiger partial charge < -0.3 is 18.9 Å². The van der Waals surface area contributed by atoms with Crippen LogP contribution in [-0.4, -0.2) is 24.2 Å². The van der Waals surface area contributed by atoms with Crippen molar-refractivity contribution in [2.75, 3.05) is 13.5 Å². The summed E-state index contributed by atoms with van der Waals surface area (Å²) in [5, 5.41) is 0. The van der Waals surface area contributed by atoms with Crippen LogP contribution in [0.5, 0.6) is 23.0 Å². The predicted molar refractivity (Wildman–Crippen MR) is 126 cm³/mol. The van der Waals surface area contributed by atoms with Crippen LogP contribution in [0.3, 0.4) is 0 Å². The van der Waals surface area contributed by atoms with Gasteiger partial charge in [0.15, 0.2) is 17.3 Å². The Kier molecular flexibility index (Phi) is 4.89. The second-order valence-electron chi connectivity index (χ2n) is 8.28. The fourth-order valence-corrected chi connectivity index (χ4v) is 4.83. The molecule has 3 aliphatic heterocycles. The zero-order valence-corrected chi connectivity index (χ0v) is 19.5. The summed E-state index contributed by atoms with van der Waals surface area (Å²) < 4.78 is 23.9. The van der Waals surface area contributed by atoms with Crippen molar-refractivity contribution in [1.29, 1.82) is 0 Å². The van der Waals surface area contributed by atoms with Gasteiger partial charge in [-0.2, -0.15) is 0 Å². The largest absolute Gasteiger partial charge is 0.477 e. The van der Waals surface area contributed by atoms with Crippen LogP contribution < -0.4 is 18.9 Å². The maximum atomic E-state index is 13.1. The molecule has 0 N–H and O–H groups in total. The Morgan fingerprint density at radius 1 is 1.03 bits per heavy atom. The minimum absolute atomic E-state index is 0.112. The monoisotopic (exact) mass is 505 g/mol. The maximum absolute atomic E-state index is 13.1. The first-order chi connectivity index (χ1) is 16.1. The second-order valence-corrected chi connectivity index (χ2v) is 9.13. The molecule has 6 nitrogen and oxygen atoms in total. The molecule has 166 valence electrons. The maximum Gasteiger partial charge on any atom is 0.231 e. The number of carbonyl (C=O) groups excluding carboxylic acids is 1. The van der Waals surface area contributed by atoms with E-state index in [0.29, 0.717) is 36.9 Å². The summed E-state index contributed by atoms with van der Waals surface area (Å²) in [7, 11) is 0. The molecular weight excluding hydrogens is 486 g/mol. The Hall–Kier alpha value is -3.29. The molecule has 0 bridgehead atoms. The summed E-state index contributed by atoms with van der Waals surface area (Å²) in [5.74, 6) is 3.13. The number of benzene rings is 3. The van der Waals surface area contributed by atoms with Crippen LogP contribution in [0.15, 0.2) is 58.8 Å². The number of Topliss-reactive ketones (excluding diaryl/α,β-unsaturated/α-hetero) is 1. The van der Waals surface area contributed by atoms with E-state index in [1.165, 1.54) is 0 Å². The minimum atomic E-state index is -0.112. The highest BCUT2D eigenvalue weighted by atomic mass is 79.9. The van der Waals surface area contributed by atoms with Crippen LogP contribution >= 0.6 is 15.9 Å². The van der Waals surface area contributed by atoms with Gasteiger partial charge in [-0.05, 0) is 48.4 Å². The van der Waals surface area contributed by atoms with Crippen LogP contribution in [0.25, 0.3) is 6.08 Å². The lowest BCUT2D eigenvalue weighted by Crippen LogP contribution is -2.32. The summed E-state index contributed by atoms with van der Waals surface area (Å²) in [6, 6.07) is 15.6. The Bertz CT molecular complexity index is 1330. The number of fused-ring (bicyclic) bond motifs is 3. The first-order valence-electron chi connectivity index (χ1n) is 10.7. The molecule has 0 aliphatic carbocycles. The number of carbonyl (C=O) groups is 1. The zero-order valence-electron chi connectivity index (χ0n) is 17.9. The number of allylic oxidation sites excluding steroid dienone is 1. The van der Waals surface area contributed by atoms with E-state index in [1.54, 1.807) is 6.08 Å². The third kappa shape index (κ3) is 3.57. The molecule has 0 spiro atoms. The average molecular weight is 506 g/mol. The highest BCUT2D eigenvalue weighted by molar-refractivity contribution is 9.10. The van der Waals surface area contributed by atoms with Gasteiger partial charge in [-0.15, -0.1) is 0 Å². The fraction of sp³-hybridized carbons (Fsp3) is 0.192. The molecule has 3 heterocycles. The van der Waals surface area contributed by atoms with Crippen LogP contribution in [-0.2, 0) is 13.1 Å². The quantitative estimate of drug-likeness (QED) is 0.441. The van der Waals surface area contributed by atoms with Crippen molar-refractivity contribution in [2.24, 2.45) is 0 Å². The molecule has 3 aromatic rings. The molecule has 3 aliphatic rings. The van der Waals surface area contributed by atoms with Gasteiger partial charge in [-0.25, -0.2) is 0 Å². The molecule has 0 unspecified atom stereocenters. The zero-order chi connectivity index (χ0) is 22.5. The number of halogens is 1. The summed E-state index contributed by atoms with van der Waals surface area (Å²) in [6.45, 7) is 4.03. The van der Waals surface area contributed by atoms with Crippen molar-refractivity contribution < 1.29 is 23.7 Å². The SMILES string of the molecule is Cc1c2c(cc3c1O/C(=C\c1ccccc1Br)C3=O)CN(Cc1ccc3c(c1)OCO3)CO2. The number of ether oxygens (including phenoxy) is 4. The van der Waals surface area contributed by atoms with E-state index in [4.69, 9.17) is 18.9 Å². The normalized spacial score (nSPS) is 17.5. The molecule has 0 saturated heterocycles. The lowest BCUT2D eigenvalue weighted by Gasteiger charge is -2.30. The summed E-state index contributed by atoms with van der Waals surface area (Å²) in [4.78, 5) is 15.3. The third-order valence-electron chi connectivity index (χ3n) is 6.04. The van der Waals surface area contributed by atoms with Crippen LogP contribution in [0.2, 0.25) is 0 Å². The molecule has 3 aromatic carbocycles. The highest BCUT2D eigenvalue weighted by Gasteiger charge is 2.33. The first kappa shape index (κ1) is 20.3. The smallest absolute Gasteiger partial charge is 0.231 e. The number of nitrogens with zero attached hydrogens (tertiary/aromatic N) is 1. The Morgan fingerprint density at radius 2 is 1.88 bits per heavy atom. The fourth-order valence-electron chi connectivity index (χ4n) is 4.43. The van der Waals surface area contributed by atoms with E-state index in [2.05, 4.69) is 20.8 Å². The van der Waals surface area contributed by atoms with Gasteiger partial charge in [0.2, 0.25) is 12.6 Å². The van der Waals surface area contributed by atoms with Crippen molar-refractivity contribution in [2.45, 2.75) is 20.0 Å². The topological polar surface area (TPSA) is 57.2 Å². The highest BCUT2D eigenvalue weighted by Crippen LogP contribution is 2.43. The Balaban J connectivity index is 1.26. The van der Waals surface area contributed by atoms with Crippen molar-refractivity contribution in [3.8, 4) is 23.0 Å². The van der Waals surface area contributed by atoms with Crippen molar-refractivity contribution in [3.05, 3.63) is 86.6 Å². The summed E-state index contributed by atoms with van der Waals surface area (Å²) in [5.41, 5.74) is 4.42. The molecule has 33 heavy (non-hydrogen) atoms. The Morgan fingerprint density at radius 3 is 2.76 bits per heavy atom. The predicted octanol–water partition coefficient (Wildman–Crippen LogP) is 5.45. The molecule has 0 fully saturated rings. The molecule has 7 heteroatoms. The third-order valence-corrected chi connectivity index (χ3v) is 6.76. The van der Waals surface area contributed by atoms with E-state index in [1.807, 2.05) is 55.5 Å². The molecule has 0 radical (unpaired) electrons. The Labute approximate surface area is 199 Å². The van der Waals surface area contributed by atoms with Gasteiger partial charge in [0.05, 0.1) is 5.56 Å². The molecule has 0 atom stereocenters. The standard InChI is InChI=1S/C26H20BrNO5/c1-15-25-18(12-28(13-30-25)11-16-6-7-21-22(8-16)32-14-31-21)9-19-24(29)23(33-26(15)19)10-17-4-2-3-5-20(17)27/h2-10H,11-14H2,1H3/b23-10-. The minimum Gasteiger partial charge on any atom is -0.477 e. The number of rotatable bonds is 3. The van der Waals surface area contributed by atoms with E-state index >= 15 is 0 Å². The molecule has 0 amide bonds. The average Bonchev–Trinajstić information content (AvgIpc) is 3.40. The van der Waals surface area contributed by atoms with E-state index < -0.39 is 0 Å². The van der Waals surface area contributed by atoms with Gasteiger partial charge in [0.1, 0.15) is 18.2 Å². The summed E-state index contributed by atoms with van der Waals surface area (Å²) >= 11 is 3.53. The molecular formula is C26H20BrNO5. The van der Waals surface area contributed by atoms with Crippen molar-refractivity contribution in [3.63, 3.8) is 0 Å². The van der Waals surface area contributed by atoms with Crippen molar-refractivity contribution >= 4 is 27.8 Å². The number of hydrogen-bond donors (Lipinski definition) is 0. The van der Waals surface area contributed by atoms with Gasteiger partial charge in [0.25, 0.3) is 0 Å². The molecule has 6 rings (SSSR count). The lowest BCUT2D eigenvalue weighted by atomic mass is 10.00. The molecule has 0 saturated carbocycles. The summed E-state index contributed by atoms with van der Waals surface area (Å²) in [6.07, 6.45) is 1.78. The van der Waals surface area contributed by atoms with E-state index in [0.717, 1.165) is 44.0 Å². The molecule has 0 aromatic heterocycles. The van der Waals surface area contributed by atoms with Crippen LogP contribution in [0.1, 0.15) is 32.6 Å². The first-order valence-corrected chi connectivity index (χ1v) is 11.4. The van der Waals surface area contributed by atoms with E-state index in [-0.39, 0.29) is 12.6 Å². The van der Waals surface area contributed by atoms with Gasteiger partial charge >= 0.3 is 0 Å². The second kappa shape index (κ2) is 7.93. The number of hydrogen-bond acceptors (Lipinski definition) is 6. The number of ketones is 1. The van der Waals surface area contributed by atoms with Gasteiger partial charge in [0, 0.05) is 28.7 Å². The van der Waals surface area contributed by atoms with Gasteiger partial charge in [-0.3, -0.25) is 9.69 Å². The van der Waals surface area contributed by atoms with Crippen molar-refractivity contribution in [1.82, 2.24) is 4.90 Å². The van der Waals surface area contributed by atoms with Crippen LogP contribution in [0, 0.1) is 6.92 Å².